The van der Waals surface area contributed by atoms with Gasteiger partial charge in [-0.05, 0) is 48.7 Å². The lowest BCUT2D eigenvalue weighted by atomic mass is 10.1. The fourth-order valence-electron chi connectivity index (χ4n) is 1.77. The molecule has 18 heavy (non-hydrogen) atoms. The van der Waals surface area contributed by atoms with Gasteiger partial charge in [-0.1, -0.05) is 50.1 Å². The van der Waals surface area contributed by atoms with E-state index in [4.69, 9.17) is 0 Å². The summed E-state index contributed by atoms with van der Waals surface area (Å²) < 4.78 is 2.25. The Hall–Kier alpha value is -0.800. The zero-order valence-corrected chi connectivity index (χ0v) is 13.6. The second-order valence-corrected chi connectivity index (χ2v) is 6.18. The van der Waals surface area contributed by atoms with Crippen LogP contribution in [0, 0.1) is 13.8 Å². The highest BCUT2D eigenvalue weighted by molar-refractivity contribution is 9.10. The maximum Gasteiger partial charge on any atom is 0.0412 e. The van der Waals surface area contributed by atoms with Gasteiger partial charge in [0.25, 0.3) is 0 Å². The van der Waals surface area contributed by atoms with Gasteiger partial charge < -0.3 is 5.32 Å². The molecular formula is C15H15Br2N. The van der Waals surface area contributed by atoms with Crippen molar-refractivity contribution in [1.29, 1.82) is 0 Å². The van der Waals surface area contributed by atoms with Gasteiger partial charge in [0.2, 0.25) is 0 Å². The molecule has 0 atom stereocenters. The molecule has 0 aromatic heterocycles. The van der Waals surface area contributed by atoms with Gasteiger partial charge in [-0.15, -0.1) is 0 Å². The maximum absolute atomic E-state index is 3.60. The molecule has 1 nitrogen and oxygen atoms in total. The van der Waals surface area contributed by atoms with E-state index in [1.54, 1.807) is 0 Å². The van der Waals surface area contributed by atoms with E-state index >= 15 is 0 Å². The molecule has 2 aromatic carbocycles. The number of aryl methyl sites for hydroxylation is 2. The van der Waals surface area contributed by atoms with Crippen molar-refractivity contribution in [3.63, 3.8) is 0 Å². The summed E-state index contributed by atoms with van der Waals surface area (Å²) in [7, 11) is 0. The fourth-order valence-corrected chi connectivity index (χ4v) is 2.77. The van der Waals surface area contributed by atoms with Gasteiger partial charge in [-0.25, -0.2) is 0 Å². The van der Waals surface area contributed by atoms with Crippen LogP contribution in [0.3, 0.4) is 0 Å². The molecular weight excluding hydrogens is 354 g/mol. The Morgan fingerprint density at radius 3 is 2.50 bits per heavy atom. The van der Waals surface area contributed by atoms with Crippen molar-refractivity contribution < 1.29 is 0 Å². The van der Waals surface area contributed by atoms with Gasteiger partial charge in [0.15, 0.2) is 0 Å². The summed E-state index contributed by atoms with van der Waals surface area (Å²) in [5.41, 5.74) is 4.95. The van der Waals surface area contributed by atoms with Crippen LogP contribution in [-0.2, 0) is 6.54 Å². The Labute approximate surface area is 125 Å². The highest BCUT2D eigenvalue weighted by atomic mass is 79.9. The lowest BCUT2D eigenvalue weighted by molar-refractivity contribution is 1.12. The first kappa shape index (κ1) is 13.6. The molecule has 0 aliphatic carbocycles. The van der Waals surface area contributed by atoms with Crippen molar-refractivity contribution in [3.8, 4) is 0 Å². The van der Waals surface area contributed by atoms with Crippen LogP contribution in [0.2, 0.25) is 0 Å². The SMILES string of the molecule is Cc1ccc(CNc2cc(Br)ccc2C)c(Br)c1. The van der Waals surface area contributed by atoms with Crippen LogP contribution in [0.25, 0.3) is 0 Å². The lowest BCUT2D eigenvalue weighted by Gasteiger charge is -2.11. The van der Waals surface area contributed by atoms with Crippen molar-refractivity contribution in [2.24, 2.45) is 0 Å². The molecule has 0 aliphatic heterocycles. The minimum Gasteiger partial charge on any atom is -0.381 e. The van der Waals surface area contributed by atoms with Crippen LogP contribution in [0.5, 0.6) is 0 Å². The smallest absolute Gasteiger partial charge is 0.0412 e. The quantitative estimate of drug-likeness (QED) is 0.760. The summed E-state index contributed by atoms with van der Waals surface area (Å²) >= 11 is 7.10. The predicted octanol–water partition coefficient (Wildman–Crippen LogP) is 5.44. The van der Waals surface area contributed by atoms with Crippen LogP contribution < -0.4 is 5.32 Å². The summed E-state index contributed by atoms with van der Waals surface area (Å²) in [6.45, 7) is 5.03. The third kappa shape index (κ3) is 3.36. The Morgan fingerprint density at radius 2 is 1.78 bits per heavy atom. The van der Waals surface area contributed by atoms with E-state index in [1.807, 2.05) is 0 Å². The molecule has 0 amide bonds. The second-order valence-electron chi connectivity index (χ2n) is 4.41. The molecule has 0 bridgehead atoms. The van der Waals surface area contributed by atoms with Crippen molar-refractivity contribution in [1.82, 2.24) is 0 Å². The minimum atomic E-state index is 0.818. The number of halogens is 2. The Morgan fingerprint density at radius 1 is 1.00 bits per heavy atom. The Kier molecular flexibility index (Phi) is 4.46. The van der Waals surface area contributed by atoms with Crippen LogP contribution in [0.15, 0.2) is 45.3 Å². The molecule has 0 radical (unpaired) electrons. The molecule has 0 unspecified atom stereocenters. The number of hydrogen-bond acceptors (Lipinski definition) is 1. The van der Waals surface area contributed by atoms with Gasteiger partial charge in [0.05, 0.1) is 0 Å². The maximum atomic E-state index is 3.60. The van der Waals surface area contributed by atoms with E-state index in [9.17, 15) is 0 Å². The van der Waals surface area contributed by atoms with Gasteiger partial charge in [0, 0.05) is 21.2 Å². The molecule has 2 rings (SSSR count). The van der Waals surface area contributed by atoms with Gasteiger partial charge in [-0.3, -0.25) is 0 Å². The Balaban J connectivity index is 2.13. The van der Waals surface area contributed by atoms with Crippen molar-refractivity contribution >= 4 is 37.5 Å². The highest BCUT2D eigenvalue weighted by Gasteiger charge is 2.02. The third-order valence-electron chi connectivity index (χ3n) is 2.88. The van der Waals surface area contributed by atoms with E-state index in [0.29, 0.717) is 0 Å². The molecule has 94 valence electrons. The van der Waals surface area contributed by atoms with Gasteiger partial charge in [-0.2, -0.15) is 0 Å². The number of hydrogen-bond donors (Lipinski definition) is 1. The molecule has 0 spiro atoms. The summed E-state index contributed by atoms with van der Waals surface area (Å²) in [5, 5.41) is 3.47. The first-order valence-corrected chi connectivity index (χ1v) is 7.40. The van der Waals surface area contributed by atoms with Crippen molar-refractivity contribution in [2.45, 2.75) is 20.4 Å². The van der Waals surface area contributed by atoms with Crippen LogP contribution in [0.1, 0.15) is 16.7 Å². The second kappa shape index (κ2) is 5.89. The summed E-state index contributed by atoms with van der Waals surface area (Å²) in [4.78, 5) is 0. The van der Waals surface area contributed by atoms with E-state index in [1.165, 1.54) is 16.7 Å². The normalized spacial score (nSPS) is 10.4. The standard InChI is InChI=1S/C15H15Br2N/c1-10-3-5-12(14(17)7-10)9-18-15-8-13(16)6-4-11(15)2/h3-8,18H,9H2,1-2H3. The van der Waals surface area contributed by atoms with E-state index in [0.717, 1.165) is 21.2 Å². The van der Waals surface area contributed by atoms with E-state index in [-0.39, 0.29) is 0 Å². The van der Waals surface area contributed by atoms with Crippen LogP contribution in [0.4, 0.5) is 5.69 Å². The summed E-state index contributed by atoms with van der Waals surface area (Å²) in [6.07, 6.45) is 0. The average Bonchev–Trinajstić information content (AvgIpc) is 2.32. The highest BCUT2D eigenvalue weighted by Crippen LogP contribution is 2.23. The van der Waals surface area contributed by atoms with Crippen molar-refractivity contribution in [2.75, 3.05) is 5.32 Å². The van der Waals surface area contributed by atoms with E-state index < -0.39 is 0 Å². The Bertz CT molecular complexity index is 564. The molecule has 0 fully saturated rings. The van der Waals surface area contributed by atoms with Crippen molar-refractivity contribution in [3.05, 3.63) is 62.0 Å². The van der Waals surface area contributed by atoms with Crippen LogP contribution >= 0.6 is 31.9 Å². The lowest BCUT2D eigenvalue weighted by Crippen LogP contribution is -2.01. The fraction of sp³-hybridized carbons (Fsp3) is 0.200. The predicted molar refractivity (Wildman–Crippen MR) is 85.1 cm³/mol. The monoisotopic (exact) mass is 367 g/mol. The third-order valence-corrected chi connectivity index (χ3v) is 4.11. The summed E-state index contributed by atoms with van der Waals surface area (Å²) in [6, 6.07) is 12.7. The first-order valence-electron chi connectivity index (χ1n) is 5.81. The zero-order chi connectivity index (χ0) is 13.1. The molecule has 0 saturated heterocycles. The largest absolute Gasteiger partial charge is 0.381 e. The van der Waals surface area contributed by atoms with Gasteiger partial charge in [0.1, 0.15) is 0 Å². The molecule has 3 heteroatoms. The molecule has 0 saturated carbocycles. The molecule has 0 heterocycles. The number of nitrogens with one attached hydrogen (secondary N) is 1. The number of anilines is 1. The molecule has 2 aromatic rings. The number of rotatable bonds is 3. The molecule has 1 N–H and O–H groups in total. The molecule has 0 aliphatic rings. The minimum absolute atomic E-state index is 0.818. The first-order chi connectivity index (χ1) is 8.56. The number of benzene rings is 2. The average molecular weight is 369 g/mol. The topological polar surface area (TPSA) is 12.0 Å². The summed E-state index contributed by atoms with van der Waals surface area (Å²) in [5.74, 6) is 0. The zero-order valence-electron chi connectivity index (χ0n) is 10.4. The van der Waals surface area contributed by atoms with Gasteiger partial charge >= 0.3 is 0 Å². The van der Waals surface area contributed by atoms with Crippen LogP contribution in [-0.4, -0.2) is 0 Å². The van der Waals surface area contributed by atoms with E-state index in [2.05, 4.69) is 87.4 Å².